The molecule has 0 aromatic heterocycles. The maximum absolute atomic E-state index is 12.4. The quantitative estimate of drug-likeness (QED) is 0.722. The molecule has 7 heteroatoms. The minimum Gasteiger partial charge on any atom is -0.497 e. The number of hydrogen-bond acceptors (Lipinski definition) is 5. The second-order valence-corrected chi connectivity index (χ2v) is 6.57. The van der Waals surface area contributed by atoms with Crippen molar-refractivity contribution in [2.75, 3.05) is 32.8 Å². The highest BCUT2D eigenvalue weighted by atomic mass is 32.2. The summed E-state index contributed by atoms with van der Waals surface area (Å²) in [6, 6.07) is 5.47. The second kappa shape index (κ2) is 8.40. The van der Waals surface area contributed by atoms with Crippen molar-refractivity contribution in [3.05, 3.63) is 23.8 Å². The van der Waals surface area contributed by atoms with E-state index >= 15 is 0 Å². The monoisotopic (exact) mass is 354 g/mol. The molecule has 5 nitrogen and oxygen atoms in total. The third-order valence-electron chi connectivity index (χ3n) is 3.81. The summed E-state index contributed by atoms with van der Waals surface area (Å²) in [6.07, 6.45) is 3.48. The van der Waals surface area contributed by atoms with Crippen molar-refractivity contribution < 1.29 is 14.3 Å². The van der Waals surface area contributed by atoms with Gasteiger partial charge in [0.05, 0.1) is 14.2 Å². The van der Waals surface area contributed by atoms with Crippen LogP contribution >= 0.6 is 24.0 Å². The molecule has 1 fully saturated rings. The summed E-state index contributed by atoms with van der Waals surface area (Å²) in [5.74, 6) is 2.55. The van der Waals surface area contributed by atoms with E-state index in [0.717, 1.165) is 29.2 Å². The van der Waals surface area contributed by atoms with Crippen LogP contribution in [0.25, 0.3) is 0 Å². The highest BCUT2D eigenvalue weighted by Gasteiger charge is 2.34. The number of hydrogen-bond donors (Lipinski definition) is 1. The molecule has 0 bridgehead atoms. The van der Waals surface area contributed by atoms with Crippen LogP contribution in [0.1, 0.15) is 12.0 Å². The molecule has 1 saturated heterocycles. The smallest absolute Gasteiger partial charge is 0.251 e. The van der Waals surface area contributed by atoms with Crippen molar-refractivity contribution in [3.63, 3.8) is 0 Å². The fourth-order valence-electron chi connectivity index (χ4n) is 2.53. The lowest BCUT2D eigenvalue weighted by Gasteiger charge is -2.16. The number of nitrogens with zero attached hydrogens (tertiary/aromatic N) is 1. The van der Waals surface area contributed by atoms with Crippen LogP contribution in [-0.4, -0.2) is 54.7 Å². The van der Waals surface area contributed by atoms with Gasteiger partial charge in [0, 0.05) is 6.54 Å². The van der Waals surface area contributed by atoms with Crippen molar-refractivity contribution in [1.82, 2.24) is 10.2 Å². The molecule has 0 saturated carbocycles. The van der Waals surface area contributed by atoms with Gasteiger partial charge in [-0.2, -0.15) is 11.8 Å². The number of ether oxygens (including phenoxy) is 2. The van der Waals surface area contributed by atoms with Gasteiger partial charge in [0.1, 0.15) is 17.5 Å². The van der Waals surface area contributed by atoms with E-state index in [-0.39, 0.29) is 11.9 Å². The van der Waals surface area contributed by atoms with E-state index < -0.39 is 0 Å². The molecular weight excluding hydrogens is 332 g/mol. The molecule has 1 aromatic carbocycles. The third-order valence-corrected chi connectivity index (χ3v) is 4.79. The van der Waals surface area contributed by atoms with Gasteiger partial charge in [-0.3, -0.25) is 9.69 Å². The van der Waals surface area contributed by atoms with Crippen LogP contribution < -0.4 is 14.8 Å². The number of amides is 1. The van der Waals surface area contributed by atoms with Crippen LogP contribution in [0.5, 0.6) is 11.5 Å². The molecule has 0 radical (unpaired) electrons. The van der Waals surface area contributed by atoms with Gasteiger partial charge < -0.3 is 14.8 Å². The Morgan fingerprint density at radius 3 is 2.78 bits per heavy atom. The standard InChI is InChI=1S/C16H22N2O3S2/c1-20-12-4-5-14(21-2)11(10-12)6-8-18-15(19)13(7-9-23-3)17-16(18)22/h4-5,10,13H,6-9H2,1-3H3,(H,17,22)/t13-/m0/s1. The molecule has 1 aliphatic rings. The molecule has 1 heterocycles. The van der Waals surface area contributed by atoms with E-state index in [9.17, 15) is 4.79 Å². The largest absolute Gasteiger partial charge is 0.497 e. The Kier molecular flexibility index (Phi) is 6.53. The van der Waals surface area contributed by atoms with Crippen LogP contribution in [0.2, 0.25) is 0 Å². The highest BCUT2D eigenvalue weighted by molar-refractivity contribution is 7.98. The zero-order valence-electron chi connectivity index (χ0n) is 13.6. The summed E-state index contributed by atoms with van der Waals surface area (Å²) in [7, 11) is 3.27. The summed E-state index contributed by atoms with van der Waals surface area (Å²) < 4.78 is 10.6. The maximum atomic E-state index is 12.4. The molecule has 0 aliphatic carbocycles. The number of carbonyl (C=O) groups is 1. The lowest BCUT2D eigenvalue weighted by molar-refractivity contribution is -0.127. The molecule has 1 N–H and O–H groups in total. The number of methoxy groups -OCH3 is 2. The van der Waals surface area contributed by atoms with Crippen LogP contribution in [-0.2, 0) is 11.2 Å². The van der Waals surface area contributed by atoms with Gasteiger partial charge in [0.25, 0.3) is 5.91 Å². The summed E-state index contributed by atoms with van der Waals surface area (Å²) in [5.41, 5.74) is 0.995. The molecule has 0 spiro atoms. The van der Waals surface area contributed by atoms with E-state index in [2.05, 4.69) is 5.32 Å². The van der Waals surface area contributed by atoms with E-state index in [0.29, 0.717) is 18.1 Å². The molecule has 23 heavy (non-hydrogen) atoms. The average molecular weight is 354 g/mol. The highest BCUT2D eigenvalue weighted by Crippen LogP contribution is 2.25. The van der Waals surface area contributed by atoms with Gasteiger partial charge in [-0.15, -0.1) is 0 Å². The van der Waals surface area contributed by atoms with Crippen LogP contribution in [0.15, 0.2) is 18.2 Å². The predicted molar refractivity (Wildman–Crippen MR) is 97.5 cm³/mol. The Morgan fingerprint density at radius 1 is 1.35 bits per heavy atom. The number of rotatable bonds is 8. The van der Waals surface area contributed by atoms with E-state index in [4.69, 9.17) is 21.7 Å². The molecule has 1 atom stereocenters. The van der Waals surface area contributed by atoms with Gasteiger partial charge in [0.2, 0.25) is 0 Å². The van der Waals surface area contributed by atoms with Gasteiger partial charge in [-0.05, 0) is 60.8 Å². The molecular formula is C16H22N2O3S2. The SMILES string of the molecule is COc1ccc(OC)c(CCN2C(=O)[C@H](CCSC)NC2=S)c1. The van der Waals surface area contributed by atoms with Crippen LogP contribution in [0.3, 0.4) is 0 Å². The summed E-state index contributed by atoms with van der Waals surface area (Å²) in [6.45, 7) is 0.532. The summed E-state index contributed by atoms with van der Waals surface area (Å²) in [5, 5.41) is 3.63. The molecule has 1 amide bonds. The second-order valence-electron chi connectivity index (χ2n) is 5.20. The predicted octanol–water partition coefficient (Wildman–Crippen LogP) is 2.08. The summed E-state index contributed by atoms with van der Waals surface area (Å²) in [4.78, 5) is 14.1. The van der Waals surface area contributed by atoms with E-state index in [1.807, 2.05) is 24.5 Å². The lowest BCUT2D eigenvalue weighted by atomic mass is 10.1. The van der Waals surface area contributed by atoms with Crippen molar-refractivity contribution in [1.29, 1.82) is 0 Å². The third kappa shape index (κ3) is 4.29. The fraction of sp³-hybridized carbons (Fsp3) is 0.500. The Morgan fingerprint density at radius 2 is 2.13 bits per heavy atom. The molecule has 1 aromatic rings. The first-order valence-electron chi connectivity index (χ1n) is 7.42. The minimum absolute atomic E-state index is 0.0610. The van der Waals surface area contributed by atoms with E-state index in [1.165, 1.54) is 0 Å². The van der Waals surface area contributed by atoms with Gasteiger partial charge >= 0.3 is 0 Å². The Labute approximate surface area is 146 Å². The van der Waals surface area contributed by atoms with Crippen molar-refractivity contribution in [2.24, 2.45) is 0 Å². The first-order chi connectivity index (χ1) is 11.1. The summed E-state index contributed by atoms with van der Waals surface area (Å²) >= 11 is 7.03. The van der Waals surface area contributed by atoms with Gasteiger partial charge in [-0.1, -0.05) is 0 Å². The molecule has 2 rings (SSSR count). The normalized spacial score (nSPS) is 17.3. The Hall–Kier alpha value is -1.47. The first kappa shape index (κ1) is 17.9. The Balaban J connectivity index is 2.03. The van der Waals surface area contributed by atoms with Gasteiger partial charge in [-0.25, -0.2) is 0 Å². The zero-order chi connectivity index (χ0) is 16.8. The average Bonchev–Trinajstić information content (AvgIpc) is 2.84. The molecule has 1 aliphatic heterocycles. The number of carbonyl (C=O) groups excluding carboxylic acids is 1. The fourth-order valence-corrected chi connectivity index (χ4v) is 3.32. The molecule has 0 unspecified atom stereocenters. The van der Waals surface area contributed by atoms with Crippen molar-refractivity contribution in [2.45, 2.75) is 18.9 Å². The minimum atomic E-state index is -0.192. The number of thioether (sulfide) groups is 1. The van der Waals surface area contributed by atoms with Crippen LogP contribution in [0, 0.1) is 0 Å². The van der Waals surface area contributed by atoms with Crippen molar-refractivity contribution >= 4 is 35.0 Å². The number of thiocarbonyl (C=S) groups is 1. The topological polar surface area (TPSA) is 50.8 Å². The van der Waals surface area contributed by atoms with Gasteiger partial charge in [0.15, 0.2) is 5.11 Å². The maximum Gasteiger partial charge on any atom is 0.251 e. The number of nitrogens with one attached hydrogen (secondary N) is 1. The zero-order valence-corrected chi connectivity index (χ0v) is 15.3. The van der Waals surface area contributed by atoms with E-state index in [1.54, 1.807) is 30.9 Å². The lowest BCUT2D eigenvalue weighted by Crippen LogP contribution is -2.33. The van der Waals surface area contributed by atoms with Crippen molar-refractivity contribution in [3.8, 4) is 11.5 Å². The Bertz CT molecular complexity index is 580. The molecule has 126 valence electrons. The van der Waals surface area contributed by atoms with Crippen LogP contribution in [0.4, 0.5) is 0 Å². The first-order valence-corrected chi connectivity index (χ1v) is 9.22. The number of benzene rings is 1.